The van der Waals surface area contributed by atoms with Crippen molar-refractivity contribution in [2.75, 3.05) is 6.54 Å². The van der Waals surface area contributed by atoms with Crippen molar-refractivity contribution >= 4 is 5.91 Å². The molecule has 0 bridgehead atoms. The maximum absolute atomic E-state index is 12.5. The number of nitrogens with zero attached hydrogens (tertiary/aromatic N) is 2. The Kier molecular flexibility index (Phi) is 3.78. The number of hydrogen-bond donors (Lipinski definition) is 2. The predicted molar refractivity (Wildman–Crippen MR) is 77.2 cm³/mol. The predicted octanol–water partition coefficient (Wildman–Crippen LogP) is 1.30. The summed E-state index contributed by atoms with van der Waals surface area (Å²) >= 11 is 0. The van der Waals surface area contributed by atoms with Gasteiger partial charge in [-0.1, -0.05) is 0 Å². The van der Waals surface area contributed by atoms with Gasteiger partial charge in [0.15, 0.2) is 0 Å². The molecule has 2 heterocycles. The van der Waals surface area contributed by atoms with E-state index in [1.165, 1.54) is 11.3 Å². The molecule has 3 rings (SSSR count). The third-order valence-corrected chi connectivity index (χ3v) is 4.69. The van der Waals surface area contributed by atoms with Crippen molar-refractivity contribution in [3.8, 4) is 0 Å². The third kappa shape index (κ3) is 2.59. The minimum Gasteiger partial charge on any atom is -0.349 e. The van der Waals surface area contributed by atoms with Crippen molar-refractivity contribution in [1.82, 2.24) is 20.4 Å². The highest BCUT2D eigenvalue weighted by Gasteiger charge is 2.29. The Morgan fingerprint density at radius 3 is 3.15 bits per heavy atom. The van der Waals surface area contributed by atoms with Crippen LogP contribution >= 0.6 is 0 Å². The van der Waals surface area contributed by atoms with Crippen LogP contribution in [0, 0.1) is 5.92 Å². The number of carbonyl (C=O) groups is 1. The molecule has 2 N–H and O–H groups in total. The smallest absolute Gasteiger partial charge is 0.223 e. The Labute approximate surface area is 120 Å². The van der Waals surface area contributed by atoms with Gasteiger partial charge in [-0.25, -0.2) is 0 Å². The van der Waals surface area contributed by atoms with Crippen LogP contribution in [0.25, 0.3) is 0 Å². The van der Waals surface area contributed by atoms with Crippen LogP contribution in [0.1, 0.15) is 49.9 Å². The topological polar surface area (TPSA) is 59.0 Å². The van der Waals surface area contributed by atoms with Gasteiger partial charge in [0.05, 0.1) is 12.2 Å². The highest BCUT2D eigenvalue weighted by molar-refractivity contribution is 5.79. The standard InChI is InChI=1S/C15H24N4O/c1-10-8-11(6-7-16-10)15(20)18-13-4-3-5-14-12(13)9-17-19(14)2/h9-11,13,16H,3-8H2,1-2H3,(H,18,20). The fourth-order valence-electron chi connectivity index (χ4n) is 3.52. The fraction of sp³-hybridized carbons (Fsp3) is 0.733. The zero-order valence-electron chi connectivity index (χ0n) is 12.4. The number of aryl methyl sites for hydroxylation is 1. The van der Waals surface area contributed by atoms with E-state index in [1.807, 2.05) is 17.9 Å². The summed E-state index contributed by atoms with van der Waals surface area (Å²) in [5.41, 5.74) is 2.49. The van der Waals surface area contributed by atoms with Gasteiger partial charge in [0.25, 0.3) is 0 Å². The number of amides is 1. The Balaban J connectivity index is 1.67. The largest absolute Gasteiger partial charge is 0.349 e. The van der Waals surface area contributed by atoms with E-state index in [0.29, 0.717) is 6.04 Å². The highest BCUT2D eigenvalue weighted by Crippen LogP contribution is 2.30. The highest BCUT2D eigenvalue weighted by atomic mass is 16.1. The number of nitrogens with one attached hydrogen (secondary N) is 2. The van der Waals surface area contributed by atoms with Gasteiger partial charge in [0.1, 0.15) is 0 Å². The van der Waals surface area contributed by atoms with Crippen molar-refractivity contribution < 1.29 is 4.79 Å². The van der Waals surface area contributed by atoms with E-state index in [4.69, 9.17) is 0 Å². The molecule has 1 saturated heterocycles. The summed E-state index contributed by atoms with van der Waals surface area (Å²) < 4.78 is 1.94. The minimum absolute atomic E-state index is 0.158. The third-order valence-electron chi connectivity index (χ3n) is 4.69. The van der Waals surface area contributed by atoms with Crippen molar-refractivity contribution in [2.45, 2.75) is 51.1 Å². The Hall–Kier alpha value is -1.36. The molecular formula is C15H24N4O. The van der Waals surface area contributed by atoms with E-state index >= 15 is 0 Å². The summed E-state index contributed by atoms with van der Waals surface area (Å²) in [6.07, 6.45) is 7.04. The van der Waals surface area contributed by atoms with Crippen LogP contribution in [0.2, 0.25) is 0 Å². The van der Waals surface area contributed by atoms with Gasteiger partial charge < -0.3 is 10.6 Å². The molecule has 0 aromatic carbocycles. The fourth-order valence-corrected chi connectivity index (χ4v) is 3.52. The summed E-state index contributed by atoms with van der Waals surface area (Å²) in [6.45, 7) is 3.10. The van der Waals surface area contributed by atoms with Crippen molar-refractivity contribution in [1.29, 1.82) is 0 Å². The molecule has 20 heavy (non-hydrogen) atoms. The van der Waals surface area contributed by atoms with E-state index in [9.17, 15) is 4.79 Å². The summed E-state index contributed by atoms with van der Waals surface area (Å²) in [7, 11) is 1.98. The lowest BCUT2D eigenvalue weighted by molar-refractivity contribution is -0.127. The maximum atomic E-state index is 12.5. The quantitative estimate of drug-likeness (QED) is 0.856. The molecule has 1 amide bonds. The van der Waals surface area contributed by atoms with Crippen molar-refractivity contribution in [3.63, 3.8) is 0 Å². The molecule has 1 fully saturated rings. The molecular weight excluding hydrogens is 252 g/mol. The number of piperidine rings is 1. The number of rotatable bonds is 2. The lowest BCUT2D eigenvalue weighted by Gasteiger charge is -2.30. The normalized spacial score (nSPS) is 29.8. The monoisotopic (exact) mass is 276 g/mol. The van der Waals surface area contributed by atoms with Gasteiger partial charge in [0.2, 0.25) is 5.91 Å². The summed E-state index contributed by atoms with van der Waals surface area (Å²) in [6, 6.07) is 0.602. The Morgan fingerprint density at radius 1 is 1.50 bits per heavy atom. The van der Waals surface area contributed by atoms with Crippen molar-refractivity contribution in [2.24, 2.45) is 13.0 Å². The van der Waals surface area contributed by atoms with Gasteiger partial charge in [0, 0.05) is 30.3 Å². The average Bonchev–Trinajstić information content (AvgIpc) is 2.82. The molecule has 0 radical (unpaired) electrons. The van der Waals surface area contributed by atoms with E-state index in [1.54, 1.807) is 0 Å². The molecule has 5 heteroatoms. The van der Waals surface area contributed by atoms with Gasteiger partial charge in [-0.2, -0.15) is 5.10 Å². The molecule has 1 aromatic rings. The van der Waals surface area contributed by atoms with E-state index in [2.05, 4.69) is 22.7 Å². The van der Waals surface area contributed by atoms with Crippen LogP contribution in [0.15, 0.2) is 6.20 Å². The molecule has 1 aromatic heterocycles. The van der Waals surface area contributed by atoms with Gasteiger partial charge >= 0.3 is 0 Å². The van der Waals surface area contributed by atoms with Gasteiger partial charge in [-0.05, 0) is 45.6 Å². The first kappa shape index (κ1) is 13.6. The summed E-state index contributed by atoms with van der Waals surface area (Å²) in [5.74, 6) is 0.383. The number of carbonyl (C=O) groups excluding carboxylic acids is 1. The average molecular weight is 276 g/mol. The lowest BCUT2D eigenvalue weighted by Crippen LogP contribution is -2.43. The number of fused-ring (bicyclic) bond motifs is 1. The first-order chi connectivity index (χ1) is 9.65. The zero-order chi connectivity index (χ0) is 14.1. The molecule has 0 saturated carbocycles. The second-order valence-corrected chi connectivity index (χ2v) is 6.20. The Bertz CT molecular complexity index is 496. The lowest BCUT2D eigenvalue weighted by atomic mass is 9.89. The molecule has 2 aliphatic rings. The van der Waals surface area contributed by atoms with E-state index in [-0.39, 0.29) is 17.9 Å². The molecule has 1 aliphatic carbocycles. The summed E-state index contributed by atoms with van der Waals surface area (Å²) in [5, 5.41) is 11.0. The Morgan fingerprint density at radius 2 is 2.35 bits per heavy atom. The van der Waals surface area contributed by atoms with Crippen LogP contribution in [0.4, 0.5) is 0 Å². The van der Waals surface area contributed by atoms with Crippen LogP contribution in [0.3, 0.4) is 0 Å². The number of hydrogen-bond acceptors (Lipinski definition) is 3. The molecule has 1 aliphatic heterocycles. The maximum Gasteiger partial charge on any atom is 0.223 e. The first-order valence-electron chi connectivity index (χ1n) is 7.69. The van der Waals surface area contributed by atoms with Gasteiger partial charge in [-0.3, -0.25) is 9.48 Å². The molecule has 110 valence electrons. The van der Waals surface area contributed by atoms with Crippen molar-refractivity contribution in [3.05, 3.63) is 17.5 Å². The molecule has 3 unspecified atom stereocenters. The first-order valence-corrected chi connectivity index (χ1v) is 7.69. The SMILES string of the molecule is CC1CC(C(=O)NC2CCCc3c2cnn3C)CCN1. The van der Waals surface area contributed by atoms with E-state index in [0.717, 1.165) is 38.6 Å². The number of aromatic nitrogens is 2. The molecule has 0 spiro atoms. The molecule has 3 atom stereocenters. The second kappa shape index (κ2) is 5.56. The second-order valence-electron chi connectivity index (χ2n) is 6.20. The van der Waals surface area contributed by atoms with Crippen LogP contribution in [-0.4, -0.2) is 28.3 Å². The zero-order valence-corrected chi connectivity index (χ0v) is 12.4. The van der Waals surface area contributed by atoms with Crippen LogP contribution in [-0.2, 0) is 18.3 Å². The van der Waals surface area contributed by atoms with Crippen LogP contribution < -0.4 is 10.6 Å². The minimum atomic E-state index is 0.158. The molecule has 5 nitrogen and oxygen atoms in total. The van der Waals surface area contributed by atoms with E-state index < -0.39 is 0 Å². The van der Waals surface area contributed by atoms with Crippen LogP contribution in [0.5, 0.6) is 0 Å². The van der Waals surface area contributed by atoms with Gasteiger partial charge in [-0.15, -0.1) is 0 Å². The summed E-state index contributed by atoms with van der Waals surface area (Å²) in [4.78, 5) is 12.5.